The molecule has 0 fully saturated rings. The van der Waals surface area contributed by atoms with Gasteiger partial charge >= 0.3 is 6.03 Å². The van der Waals surface area contributed by atoms with Crippen LogP contribution in [-0.2, 0) is 0 Å². The number of urea groups is 1. The van der Waals surface area contributed by atoms with E-state index in [2.05, 4.69) is 10.3 Å². The van der Waals surface area contributed by atoms with Crippen LogP contribution in [0, 0.1) is 0 Å². The summed E-state index contributed by atoms with van der Waals surface area (Å²) in [6.45, 7) is 0. The summed E-state index contributed by atoms with van der Waals surface area (Å²) in [7, 11) is 0. The summed E-state index contributed by atoms with van der Waals surface area (Å²) in [5.41, 5.74) is 4.84. The zero-order valence-corrected chi connectivity index (χ0v) is 6.30. The molecule has 0 radical (unpaired) electrons. The number of nitrogens with zero attached hydrogens (tertiary/aromatic N) is 1. The van der Waals surface area contributed by atoms with Crippen LogP contribution in [0.15, 0.2) is 18.2 Å². The first kappa shape index (κ1) is 7.81. The van der Waals surface area contributed by atoms with Crippen LogP contribution < -0.4 is 11.1 Å². The number of hydrogen-bond acceptors (Lipinski definition) is 2. The molecular formula is C6H6ClN3O. The summed E-state index contributed by atoms with van der Waals surface area (Å²) in [5, 5.41) is 2.60. The van der Waals surface area contributed by atoms with Gasteiger partial charge in [0.1, 0.15) is 11.0 Å². The maximum atomic E-state index is 10.3. The fourth-order valence-electron chi connectivity index (χ4n) is 0.604. The molecule has 1 aromatic rings. The summed E-state index contributed by atoms with van der Waals surface area (Å²) < 4.78 is 0. The van der Waals surface area contributed by atoms with Crippen molar-refractivity contribution in [2.45, 2.75) is 0 Å². The molecule has 1 aromatic heterocycles. The Morgan fingerprint density at radius 2 is 2.36 bits per heavy atom. The molecule has 1 heterocycles. The number of nitrogens with two attached hydrogens (primary N) is 1. The fraction of sp³-hybridized carbons (Fsp3) is 0. The van der Waals surface area contributed by atoms with Gasteiger partial charge in [0.05, 0.1) is 0 Å². The predicted molar refractivity (Wildman–Crippen MR) is 42.5 cm³/mol. The molecule has 0 saturated carbocycles. The number of carbonyl (C=O) groups excluding carboxylic acids is 1. The quantitative estimate of drug-likeness (QED) is 0.624. The third-order valence-electron chi connectivity index (χ3n) is 0.966. The van der Waals surface area contributed by atoms with Gasteiger partial charge < -0.3 is 5.73 Å². The molecule has 0 saturated heterocycles. The second kappa shape index (κ2) is 3.21. The van der Waals surface area contributed by atoms with Gasteiger partial charge in [0.15, 0.2) is 0 Å². The second-order valence-corrected chi connectivity index (χ2v) is 2.22. The molecule has 4 nitrogen and oxygen atoms in total. The van der Waals surface area contributed by atoms with Crippen LogP contribution in [0.1, 0.15) is 0 Å². The van der Waals surface area contributed by atoms with Crippen molar-refractivity contribution in [2.24, 2.45) is 5.73 Å². The summed E-state index contributed by atoms with van der Waals surface area (Å²) >= 11 is 5.53. The Balaban J connectivity index is 2.79. The van der Waals surface area contributed by atoms with Gasteiger partial charge in [0.2, 0.25) is 0 Å². The molecule has 0 atom stereocenters. The largest absolute Gasteiger partial charge is 0.351 e. The maximum Gasteiger partial charge on any atom is 0.317 e. The molecular weight excluding hydrogens is 166 g/mol. The summed E-state index contributed by atoms with van der Waals surface area (Å²) in [4.78, 5) is 14.1. The van der Waals surface area contributed by atoms with Crippen LogP contribution in [0.25, 0.3) is 0 Å². The molecule has 0 aliphatic carbocycles. The smallest absolute Gasteiger partial charge is 0.317 e. The zero-order chi connectivity index (χ0) is 8.27. The zero-order valence-electron chi connectivity index (χ0n) is 5.54. The van der Waals surface area contributed by atoms with Crippen LogP contribution in [-0.4, -0.2) is 11.0 Å². The number of nitrogens with one attached hydrogen (secondary N) is 1. The monoisotopic (exact) mass is 171 g/mol. The molecule has 0 aromatic carbocycles. The normalized spacial score (nSPS) is 9.18. The summed E-state index contributed by atoms with van der Waals surface area (Å²) in [6, 6.07) is 4.21. The van der Waals surface area contributed by atoms with Crippen molar-refractivity contribution in [3.63, 3.8) is 0 Å². The van der Waals surface area contributed by atoms with Crippen LogP contribution in [0.2, 0.25) is 5.15 Å². The predicted octanol–water partition coefficient (Wildman–Crippen LogP) is 1.23. The van der Waals surface area contributed by atoms with Crippen molar-refractivity contribution in [3.05, 3.63) is 23.4 Å². The Labute approximate surface area is 68.4 Å². The van der Waals surface area contributed by atoms with E-state index in [0.717, 1.165) is 0 Å². The van der Waals surface area contributed by atoms with Gasteiger partial charge in [0.25, 0.3) is 0 Å². The molecule has 0 aliphatic rings. The molecule has 3 N–H and O–H groups in total. The van der Waals surface area contributed by atoms with E-state index in [9.17, 15) is 4.79 Å². The Morgan fingerprint density at radius 3 is 2.91 bits per heavy atom. The highest BCUT2D eigenvalue weighted by atomic mass is 35.5. The van der Waals surface area contributed by atoms with E-state index in [1.165, 1.54) is 0 Å². The van der Waals surface area contributed by atoms with Crippen molar-refractivity contribution in [1.29, 1.82) is 0 Å². The van der Waals surface area contributed by atoms with E-state index in [4.69, 9.17) is 17.3 Å². The second-order valence-electron chi connectivity index (χ2n) is 1.83. The van der Waals surface area contributed by atoms with Gasteiger partial charge in [-0.2, -0.15) is 0 Å². The fourth-order valence-corrected chi connectivity index (χ4v) is 0.768. The van der Waals surface area contributed by atoms with E-state index in [1.807, 2.05) is 0 Å². The van der Waals surface area contributed by atoms with Crippen LogP contribution in [0.4, 0.5) is 10.6 Å². The molecule has 0 spiro atoms. The van der Waals surface area contributed by atoms with Gasteiger partial charge in [0, 0.05) is 0 Å². The minimum atomic E-state index is -0.653. The molecule has 2 amide bonds. The van der Waals surface area contributed by atoms with E-state index < -0.39 is 6.03 Å². The number of anilines is 1. The lowest BCUT2D eigenvalue weighted by Gasteiger charge is -1.98. The third-order valence-corrected chi connectivity index (χ3v) is 1.18. The molecule has 0 aliphatic heterocycles. The van der Waals surface area contributed by atoms with Crippen molar-refractivity contribution in [3.8, 4) is 0 Å². The lowest BCUT2D eigenvalue weighted by atomic mass is 10.5. The average Bonchev–Trinajstić information content (AvgIpc) is 1.85. The third kappa shape index (κ3) is 2.43. The van der Waals surface area contributed by atoms with Crippen molar-refractivity contribution < 1.29 is 4.79 Å². The number of rotatable bonds is 1. The number of primary amides is 1. The highest BCUT2D eigenvalue weighted by Gasteiger charge is 1.96. The number of aromatic nitrogens is 1. The first-order valence-corrected chi connectivity index (χ1v) is 3.25. The van der Waals surface area contributed by atoms with E-state index in [0.29, 0.717) is 11.0 Å². The Hall–Kier alpha value is -1.29. The van der Waals surface area contributed by atoms with Crippen LogP contribution in [0.5, 0.6) is 0 Å². The average molecular weight is 172 g/mol. The van der Waals surface area contributed by atoms with Crippen molar-refractivity contribution in [1.82, 2.24) is 4.98 Å². The van der Waals surface area contributed by atoms with Gasteiger partial charge in [-0.25, -0.2) is 9.78 Å². The highest BCUT2D eigenvalue weighted by Crippen LogP contribution is 2.08. The number of hydrogen-bond donors (Lipinski definition) is 2. The van der Waals surface area contributed by atoms with Gasteiger partial charge in [-0.1, -0.05) is 17.7 Å². The molecule has 1 rings (SSSR count). The van der Waals surface area contributed by atoms with Gasteiger partial charge in [-0.3, -0.25) is 5.32 Å². The molecule has 58 valence electrons. The number of carbonyl (C=O) groups is 1. The van der Waals surface area contributed by atoms with E-state index in [-0.39, 0.29) is 0 Å². The highest BCUT2D eigenvalue weighted by molar-refractivity contribution is 6.29. The number of halogens is 1. The van der Waals surface area contributed by atoms with Crippen LogP contribution in [0.3, 0.4) is 0 Å². The van der Waals surface area contributed by atoms with E-state index >= 15 is 0 Å². The topological polar surface area (TPSA) is 68.0 Å². The molecule has 0 bridgehead atoms. The molecule has 5 heteroatoms. The number of pyridine rings is 1. The number of amides is 2. The van der Waals surface area contributed by atoms with Gasteiger partial charge in [-0.15, -0.1) is 0 Å². The Morgan fingerprint density at radius 1 is 1.64 bits per heavy atom. The molecule has 11 heavy (non-hydrogen) atoms. The lowest BCUT2D eigenvalue weighted by Crippen LogP contribution is -2.19. The lowest BCUT2D eigenvalue weighted by molar-refractivity contribution is 0.259. The minimum absolute atomic E-state index is 0.316. The Kier molecular flexibility index (Phi) is 2.28. The Bertz CT molecular complexity index is 276. The van der Waals surface area contributed by atoms with Crippen molar-refractivity contribution in [2.75, 3.05) is 5.32 Å². The minimum Gasteiger partial charge on any atom is -0.351 e. The first-order chi connectivity index (χ1) is 5.18. The molecule has 0 unspecified atom stereocenters. The maximum absolute atomic E-state index is 10.3. The van der Waals surface area contributed by atoms with Gasteiger partial charge in [-0.05, 0) is 12.1 Å². The first-order valence-electron chi connectivity index (χ1n) is 2.87. The van der Waals surface area contributed by atoms with Crippen LogP contribution >= 0.6 is 11.6 Å². The summed E-state index contributed by atoms with van der Waals surface area (Å²) in [5.74, 6) is 0.352. The van der Waals surface area contributed by atoms with Crippen molar-refractivity contribution >= 4 is 23.4 Å². The standard InChI is InChI=1S/C6H6ClN3O/c7-4-2-1-3-5(9-4)10-6(8)11/h1-3H,(H3,8,9,10,11). The van der Waals surface area contributed by atoms with E-state index in [1.54, 1.807) is 18.2 Å². The SMILES string of the molecule is NC(=O)Nc1cccc(Cl)n1. The summed E-state index contributed by atoms with van der Waals surface area (Å²) in [6.07, 6.45) is 0.